The van der Waals surface area contributed by atoms with Crippen molar-refractivity contribution in [2.45, 2.75) is 26.4 Å². The Balaban J connectivity index is 1.55. The number of halogens is 3. The molecule has 0 bridgehead atoms. The number of aromatic nitrogens is 1. The van der Waals surface area contributed by atoms with Crippen LogP contribution in [0.5, 0.6) is 0 Å². The summed E-state index contributed by atoms with van der Waals surface area (Å²) in [6, 6.07) is 3.12. The van der Waals surface area contributed by atoms with E-state index < -0.39 is 28.9 Å². The van der Waals surface area contributed by atoms with Crippen molar-refractivity contribution in [3.8, 4) is 0 Å². The van der Waals surface area contributed by atoms with E-state index in [0.717, 1.165) is 28.5 Å². The van der Waals surface area contributed by atoms with Gasteiger partial charge in [-0.2, -0.15) is 11.3 Å². The van der Waals surface area contributed by atoms with E-state index in [1.165, 1.54) is 16.2 Å². The lowest BCUT2D eigenvalue weighted by Crippen LogP contribution is -2.38. The van der Waals surface area contributed by atoms with Crippen LogP contribution in [0.3, 0.4) is 0 Å². The van der Waals surface area contributed by atoms with Gasteiger partial charge in [0.2, 0.25) is 0 Å². The summed E-state index contributed by atoms with van der Waals surface area (Å²) >= 11 is 1.43. The second kappa shape index (κ2) is 8.50. The van der Waals surface area contributed by atoms with Crippen molar-refractivity contribution in [3.63, 3.8) is 0 Å². The predicted molar refractivity (Wildman–Crippen MR) is 109 cm³/mol. The highest BCUT2D eigenvalue weighted by Gasteiger charge is 2.29. The van der Waals surface area contributed by atoms with E-state index in [9.17, 15) is 22.8 Å². The Morgan fingerprint density at radius 2 is 1.97 bits per heavy atom. The van der Waals surface area contributed by atoms with Gasteiger partial charge in [0.25, 0.3) is 11.8 Å². The Morgan fingerprint density at radius 1 is 1.19 bits per heavy atom. The van der Waals surface area contributed by atoms with E-state index >= 15 is 0 Å². The average Bonchev–Trinajstić information content (AvgIpc) is 3.30. The number of nitrogens with one attached hydrogen (secondary N) is 1. The lowest BCUT2D eigenvalue weighted by molar-refractivity contribution is 0.0723. The monoisotopic (exact) mass is 445 g/mol. The normalized spacial score (nSPS) is 13.1. The van der Waals surface area contributed by atoms with Crippen LogP contribution in [0.4, 0.5) is 13.2 Å². The highest BCUT2D eigenvalue weighted by Crippen LogP contribution is 2.26. The fourth-order valence-corrected chi connectivity index (χ4v) is 4.31. The number of carbonyl (C=O) groups is 2. The number of nitrogens with zero attached hydrogens (tertiary/aromatic N) is 2. The number of amides is 2. The Bertz CT molecular complexity index is 1170. The van der Waals surface area contributed by atoms with Gasteiger partial charge in [0.05, 0.1) is 0 Å². The van der Waals surface area contributed by atoms with Crippen molar-refractivity contribution < 1.29 is 22.8 Å². The summed E-state index contributed by atoms with van der Waals surface area (Å²) in [6.07, 6.45) is 2.04. The number of pyridine rings is 1. The largest absolute Gasteiger partial charge is 0.348 e. The maximum Gasteiger partial charge on any atom is 0.260 e. The molecule has 0 unspecified atom stereocenters. The minimum absolute atomic E-state index is 0.0856. The summed E-state index contributed by atoms with van der Waals surface area (Å²) in [6.45, 7) is 2.40. The number of hydrogen-bond donors (Lipinski definition) is 1. The van der Waals surface area contributed by atoms with Gasteiger partial charge < -0.3 is 10.2 Å². The molecule has 0 atom stereocenters. The molecule has 0 spiro atoms. The molecule has 160 valence electrons. The fourth-order valence-electron chi connectivity index (χ4n) is 3.68. The SMILES string of the molecule is Cc1ncc2c(c1CNC(=O)c1ccsc1)CCN(C(=O)c1c(F)ccc(F)c1F)C2. The Kier molecular flexibility index (Phi) is 5.77. The minimum atomic E-state index is -1.49. The van der Waals surface area contributed by atoms with E-state index in [1.54, 1.807) is 17.6 Å². The first-order valence-corrected chi connectivity index (χ1v) is 10.5. The molecule has 1 aromatic carbocycles. The summed E-state index contributed by atoms with van der Waals surface area (Å²) in [5, 5.41) is 6.46. The second-order valence-electron chi connectivity index (χ2n) is 7.22. The number of aryl methyl sites for hydroxylation is 1. The molecule has 4 rings (SSSR count). The topological polar surface area (TPSA) is 62.3 Å². The summed E-state index contributed by atoms with van der Waals surface area (Å²) < 4.78 is 41.6. The van der Waals surface area contributed by atoms with E-state index in [4.69, 9.17) is 0 Å². The summed E-state index contributed by atoms with van der Waals surface area (Å²) in [5.41, 5.74) is 2.97. The van der Waals surface area contributed by atoms with E-state index in [2.05, 4.69) is 10.3 Å². The molecule has 0 saturated carbocycles. The smallest absolute Gasteiger partial charge is 0.260 e. The summed E-state index contributed by atoms with van der Waals surface area (Å²) in [7, 11) is 0. The number of thiophene rings is 1. The highest BCUT2D eigenvalue weighted by atomic mass is 32.1. The highest BCUT2D eigenvalue weighted by molar-refractivity contribution is 7.08. The van der Waals surface area contributed by atoms with Gasteiger partial charge in [-0.1, -0.05) is 0 Å². The van der Waals surface area contributed by atoms with Gasteiger partial charge in [0.1, 0.15) is 11.4 Å². The van der Waals surface area contributed by atoms with Crippen LogP contribution in [0.1, 0.15) is 43.1 Å². The van der Waals surface area contributed by atoms with Crippen LogP contribution in [0.15, 0.2) is 35.2 Å². The Hall–Kier alpha value is -3.20. The standard InChI is InChI=1S/C22H18F3N3O2S/c1-12-16(9-27-21(29)13-5-7-31-11-13)15-4-6-28(10-14(15)8-26-12)22(30)19-17(23)2-3-18(24)20(19)25/h2-3,5,7-8,11H,4,6,9-10H2,1H3,(H,27,29). The van der Waals surface area contributed by atoms with Crippen LogP contribution in [0.2, 0.25) is 0 Å². The van der Waals surface area contributed by atoms with Gasteiger partial charge in [-0.25, -0.2) is 13.2 Å². The van der Waals surface area contributed by atoms with Crippen molar-refractivity contribution in [3.05, 3.63) is 86.1 Å². The number of hydrogen-bond acceptors (Lipinski definition) is 4. The molecule has 31 heavy (non-hydrogen) atoms. The molecule has 0 aliphatic carbocycles. The van der Waals surface area contributed by atoms with Gasteiger partial charge in [0, 0.05) is 42.5 Å². The van der Waals surface area contributed by atoms with Crippen LogP contribution in [0, 0.1) is 24.4 Å². The first kappa shape index (κ1) is 21.0. The summed E-state index contributed by atoms with van der Waals surface area (Å²) in [4.78, 5) is 30.6. The molecule has 9 heteroatoms. The van der Waals surface area contributed by atoms with E-state index in [0.29, 0.717) is 18.1 Å². The molecule has 3 aromatic rings. The maximum atomic E-state index is 14.1. The molecule has 0 fully saturated rings. The van der Waals surface area contributed by atoms with Gasteiger partial charge in [-0.05, 0) is 53.6 Å². The van der Waals surface area contributed by atoms with Crippen molar-refractivity contribution in [2.75, 3.05) is 6.54 Å². The molecule has 2 amide bonds. The lowest BCUT2D eigenvalue weighted by Gasteiger charge is -2.30. The minimum Gasteiger partial charge on any atom is -0.348 e. The van der Waals surface area contributed by atoms with Crippen molar-refractivity contribution in [1.82, 2.24) is 15.2 Å². The third kappa shape index (κ3) is 4.05. The molecular formula is C22H18F3N3O2S. The Morgan fingerprint density at radius 3 is 2.71 bits per heavy atom. The quantitative estimate of drug-likeness (QED) is 0.618. The molecule has 1 aliphatic rings. The second-order valence-corrected chi connectivity index (χ2v) is 8.00. The third-order valence-corrected chi connectivity index (χ3v) is 6.03. The lowest BCUT2D eigenvalue weighted by atomic mass is 9.94. The zero-order chi connectivity index (χ0) is 22.1. The van der Waals surface area contributed by atoms with Crippen molar-refractivity contribution in [1.29, 1.82) is 0 Å². The zero-order valence-corrected chi connectivity index (χ0v) is 17.4. The number of rotatable bonds is 4. The van der Waals surface area contributed by atoms with Crippen LogP contribution in [-0.2, 0) is 19.5 Å². The fraction of sp³-hybridized carbons (Fsp3) is 0.227. The molecule has 1 aliphatic heterocycles. The number of benzene rings is 1. The van der Waals surface area contributed by atoms with Crippen molar-refractivity contribution >= 4 is 23.2 Å². The van der Waals surface area contributed by atoms with Gasteiger partial charge in [-0.3, -0.25) is 14.6 Å². The summed E-state index contributed by atoms with van der Waals surface area (Å²) in [5.74, 6) is -4.97. The van der Waals surface area contributed by atoms with Gasteiger partial charge >= 0.3 is 0 Å². The molecular weight excluding hydrogens is 427 g/mol. The molecule has 5 nitrogen and oxygen atoms in total. The molecule has 0 radical (unpaired) electrons. The molecule has 2 aromatic heterocycles. The van der Waals surface area contributed by atoms with Gasteiger partial charge in [-0.15, -0.1) is 0 Å². The maximum absolute atomic E-state index is 14.1. The third-order valence-electron chi connectivity index (χ3n) is 5.35. The molecule has 1 N–H and O–H groups in total. The van der Waals surface area contributed by atoms with Crippen LogP contribution in [-0.4, -0.2) is 28.2 Å². The Labute approximate surface area is 180 Å². The predicted octanol–water partition coefficient (Wildman–Crippen LogP) is 4.00. The number of fused-ring (bicyclic) bond motifs is 1. The van der Waals surface area contributed by atoms with Crippen LogP contribution < -0.4 is 5.32 Å². The van der Waals surface area contributed by atoms with Gasteiger partial charge in [0.15, 0.2) is 11.6 Å². The first-order valence-electron chi connectivity index (χ1n) is 9.56. The van der Waals surface area contributed by atoms with E-state index in [-0.39, 0.29) is 25.5 Å². The van der Waals surface area contributed by atoms with Crippen molar-refractivity contribution in [2.24, 2.45) is 0 Å². The molecule has 3 heterocycles. The average molecular weight is 445 g/mol. The number of carbonyl (C=O) groups excluding carboxylic acids is 2. The van der Waals surface area contributed by atoms with E-state index in [1.807, 2.05) is 12.3 Å². The first-order chi connectivity index (χ1) is 14.9. The van der Waals surface area contributed by atoms with Crippen LogP contribution >= 0.6 is 11.3 Å². The molecule has 0 saturated heterocycles. The zero-order valence-electron chi connectivity index (χ0n) is 16.5. The van der Waals surface area contributed by atoms with Crippen LogP contribution in [0.25, 0.3) is 0 Å².